The normalized spacial score (nSPS) is 15.6. The molecule has 5 nitrogen and oxygen atoms in total. The molecule has 2 aromatic carbocycles. The van der Waals surface area contributed by atoms with Crippen LogP contribution >= 0.6 is 11.3 Å². The van der Waals surface area contributed by atoms with Crippen LogP contribution in [-0.2, 0) is 6.61 Å². The first-order valence-electron chi connectivity index (χ1n) is 10.3. The van der Waals surface area contributed by atoms with Crippen molar-refractivity contribution in [3.05, 3.63) is 65.0 Å². The molecule has 0 bridgehead atoms. The van der Waals surface area contributed by atoms with Crippen molar-refractivity contribution < 1.29 is 14.3 Å². The summed E-state index contributed by atoms with van der Waals surface area (Å²) in [6.45, 7) is 3.80. The summed E-state index contributed by atoms with van der Waals surface area (Å²) in [5.74, 6) is 1.89. The average Bonchev–Trinajstić information content (AvgIpc) is 3.09. The summed E-state index contributed by atoms with van der Waals surface area (Å²) in [7, 11) is 1.68. The van der Waals surface area contributed by atoms with E-state index in [0.29, 0.717) is 6.61 Å². The molecule has 30 heavy (non-hydrogen) atoms. The average molecular weight is 421 g/mol. The van der Waals surface area contributed by atoms with Crippen LogP contribution < -0.4 is 14.4 Å². The number of thiophene rings is 1. The van der Waals surface area contributed by atoms with Gasteiger partial charge in [-0.05, 0) is 48.9 Å². The highest BCUT2D eigenvalue weighted by Gasteiger charge is 2.26. The number of fused-ring (bicyclic) bond motifs is 3. The third-order valence-electron chi connectivity index (χ3n) is 5.76. The predicted octanol–water partition coefficient (Wildman–Crippen LogP) is 4.67. The molecule has 6 heteroatoms. The molecule has 3 aromatic rings. The molecule has 2 aliphatic rings. The van der Waals surface area contributed by atoms with E-state index in [0.717, 1.165) is 65.0 Å². The van der Waals surface area contributed by atoms with Crippen LogP contribution in [-0.4, -0.2) is 44.1 Å². The highest BCUT2D eigenvalue weighted by molar-refractivity contribution is 7.17. The van der Waals surface area contributed by atoms with Gasteiger partial charge in [0.15, 0.2) is 0 Å². The Labute approximate surface area is 180 Å². The minimum atomic E-state index is 0.128. The Morgan fingerprint density at radius 3 is 2.70 bits per heavy atom. The first-order valence-corrected chi connectivity index (χ1v) is 11.1. The number of amides is 1. The van der Waals surface area contributed by atoms with Crippen molar-refractivity contribution in [1.29, 1.82) is 0 Å². The van der Waals surface area contributed by atoms with Gasteiger partial charge in [-0.2, -0.15) is 0 Å². The lowest BCUT2D eigenvalue weighted by atomic mass is 10.1. The summed E-state index contributed by atoms with van der Waals surface area (Å²) in [4.78, 5) is 19.6. The Morgan fingerprint density at radius 1 is 1.03 bits per heavy atom. The fourth-order valence-corrected chi connectivity index (χ4v) is 5.30. The number of para-hydroxylation sites is 1. The monoisotopic (exact) mass is 420 g/mol. The Kier molecular flexibility index (Phi) is 5.09. The summed E-state index contributed by atoms with van der Waals surface area (Å²) < 4.78 is 11.1. The van der Waals surface area contributed by atoms with Gasteiger partial charge in [0.1, 0.15) is 18.1 Å². The van der Waals surface area contributed by atoms with Crippen LogP contribution in [0.2, 0.25) is 0 Å². The summed E-state index contributed by atoms with van der Waals surface area (Å²) in [5.41, 5.74) is 3.37. The van der Waals surface area contributed by atoms with Gasteiger partial charge in [-0.3, -0.25) is 4.79 Å². The van der Waals surface area contributed by atoms with E-state index in [1.54, 1.807) is 18.4 Å². The summed E-state index contributed by atoms with van der Waals surface area (Å²) in [5, 5.41) is 0. The molecule has 1 saturated heterocycles. The number of nitrogens with zero attached hydrogens (tertiary/aromatic N) is 2. The van der Waals surface area contributed by atoms with E-state index in [4.69, 9.17) is 9.47 Å². The molecule has 0 unspecified atom stereocenters. The zero-order valence-electron chi connectivity index (χ0n) is 17.0. The van der Waals surface area contributed by atoms with Crippen molar-refractivity contribution >= 4 is 22.9 Å². The van der Waals surface area contributed by atoms with E-state index in [1.165, 1.54) is 5.69 Å². The molecule has 1 fully saturated rings. The lowest BCUT2D eigenvalue weighted by Crippen LogP contribution is -2.34. The van der Waals surface area contributed by atoms with Crippen molar-refractivity contribution in [1.82, 2.24) is 4.90 Å². The maximum Gasteiger partial charge on any atom is 0.264 e. The number of hydrogen-bond donors (Lipinski definition) is 0. The van der Waals surface area contributed by atoms with Gasteiger partial charge in [0.25, 0.3) is 5.91 Å². The van der Waals surface area contributed by atoms with Gasteiger partial charge in [0.2, 0.25) is 0 Å². The number of methoxy groups -OCH3 is 1. The second kappa shape index (κ2) is 8.03. The molecule has 0 radical (unpaired) electrons. The van der Waals surface area contributed by atoms with Crippen molar-refractivity contribution in [2.45, 2.75) is 13.0 Å². The summed E-state index contributed by atoms with van der Waals surface area (Å²) >= 11 is 1.59. The van der Waals surface area contributed by atoms with Gasteiger partial charge >= 0.3 is 0 Å². The van der Waals surface area contributed by atoms with Gasteiger partial charge in [-0.1, -0.05) is 12.1 Å². The Morgan fingerprint density at radius 2 is 1.87 bits per heavy atom. The number of ether oxygens (including phenoxy) is 2. The van der Waals surface area contributed by atoms with Crippen molar-refractivity contribution in [2.24, 2.45) is 0 Å². The fourth-order valence-electron chi connectivity index (χ4n) is 4.13. The maximum absolute atomic E-state index is 13.3. The first kappa shape index (κ1) is 19.0. The van der Waals surface area contributed by atoms with Crippen LogP contribution in [0.1, 0.15) is 21.7 Å². The number of rotatable bonds is 3. The molecule has 3 heterocycles. The SMILES string of the molecule is COc1ccc(N2CCCN(C(=O)c3cc4c(s3)-c3ccccc3OC4)CC2)cc1. The van der Waals surface area contributed by atoms with Crippen molar-refractivity contribution in [3.63, 3.8) is 0 Å². The highest BCUT2D eigenvalue weighted by atomic mass is 32.1. The number of benzene rings is 2. The van der Waals surface area contributed by atoms with Crippen LogP contribution in [0.15, 0.2) is 54.6 Å². The largest absolute Gasteiger partial charge is 0.497 e. The lowest BCUT2D eigenvalue weighted by Gasteiger charge is -2.23. The topological polar surface area (TPSA) is 42.0 Å². The molecule has 0 saturated carbocycles. The highest BCUT2D eigenvalue weighted by Crippen LogP contribution is 2.42. The number of carbonyl (C=O) groups excluding carboxylic acids is 1. The molecular formula is C24H24N2O3S. The first-order chi connectivity index (χ1) is 14.7. The maximum atomic E-state index is 13.3. The van der Waals surface area contributed by atoms with Gasteiger partial charge in [0, 0.05) is 47.9 Å². The Hall–Kier alpha value is -2.99. The van der Waals surface area contributed by atoms with Gasteiger partial charge < -0.3 is 19.3 Å². The molecule has 2 aliphatic heterocycles. The molecule has 1 aromatic heterocycles. The molecule has 5 rings (SSSR count). The molecule has 0 N–H and O–H groups in total. The van der Waals surface area contributed by atoms with Crippen LogP contribution in [0.4, 0.5) is 5.69 Å². The molecule has 0 spiro atoms. The van der Waals surface area contributed by atoms with Gasteiger partial charge in [-0.15, -0.1) is 11.3 Å². The van der Waals surface area contributed by atoms with E-state index < -0.39 is 0 Å². The zero-order chi connectivity index (χ0) is 20.5. The summed E-state index contributed by atoms with van der Waals surface area (Å²) in [6.07, 6.45) is 0.953. The predicted molar refractivity (Wildman–Crippen MR) is 120 cm³/mol. The second-order valence-corrected chi connectivity index (χ2v) is 8.63. The van der Waals surface area contributed by atoms with E-state index in [-0.39, 0.29) is 5.91 Å². The van der Waals surface area contributed by atoms with Gasteiger partial charge in [-0.25, -0.2) is 0 Å². The minimum absolute atomic E-state index is 0.128. The van der Waals surface area contributed by atoms with E-state index in [1.807, 2.05) is 41.3 Å². The van der Waals surface area contributed by atoms with E-state index in [2.05, 4.69) is 23.1 Å². The molecule has 1 amide bonds. The van der Waals surface area contributed by atoms with Gasteiger partial charge in [0.05, 0.1) is 12.0 Å². The van der Waals surface area contributed by atoms with Crippen LogP contribution in [0.25, 0.3) is 10.4 Å². The quantitative estimate of drug-likeness (QED) is 0.618. The third kappa shape index (κ3) is 3.52. The smallest absolute Gasteiger partial charge is 0.264 e. The number of anilines is 1. The summed E-state index contributed by atoms with van der Waals surface area (Å²) in [6, 6.07) is 18.2. The Bertz CT molecular complexity index is 1060. The fraction of sp³-hybridized carbons (Fsp3) is 0.292. The number of carbonyl (C=O) groups is 1. The lowest BCUT2D eigenvalue weighted by molar-refractivity contribution is 0.0771. The Balaban J connectivity index is 1.31. The molecular weight excluding hydrogens is 396 g/mol. The van der Waals surface area contributed by atoms with Crippen LogP contribution in [0.5, 0.6) is 11.5 Å². The third-order valence-corrected chi connectivity index (χ3v) is 6.95. The second-order valence-electron chi connectivity index (χ2n) is 7.58. The minimum Gasteiger partial charge on any atom is -0.497 e. The van der Waals surface area contributed by atoms with Crippen LogP contribution in [0, 0.1) is 0 Å². The molecule has 0 atom stereocenters. The molecule has 0 aliphatic carbocycles. The van der Waals surface area contributed by atoms with Crippen LogP contribution in [0.3, 0.4) is 0 Å². The van der Waals surface area contributed by atoms with Crippen molar-refractivity contribution in [2.75, 3.05) is 38.2 Å². The van der Waals surface area contributed by atoms with E-state index in [9.17, 15) is 4.79 Å². The molecule has 154 valence electrons. The number of hydrogen-bond acceptors (Lipinski definition) is 5. The van der Waals surface area contributed by atoms with E-state index >= 15 is 0 Å². The zero-order valence-corrected chi connectivity index (χ0v) is 17.8. The standard InChI is InChI=1S/C24H24N2O3S/c1-28-19-9-7-18(8-10-19)25-11-4-12-26(14-13-25)24(27)22-15-17-16-29-21-6-3-2-5-20(21)23(17)30-22/h2-3,5-10,15H,4,11-14,16H2,1H3. The van der Waals surface area contributed by atoms with Crippen molar-refractivity contribution in [3.8, 4) is 21.9 Å².